The number of hydrogen-bond acceptors (Lipinski definition) is 6. The summed E-state index contributed by atoms with van der Waals surface area (Å²) >= 11 is 1.50. The second kappa shape index (κ2) is 10.7. The Bertz CT molecular complexity index is 938. The largest absolute Gasteiger partial charge is 0.508 e. The van der Waals surface area contributed by atoms with Crippen molar-refractivity contribution in [3.05, 3.63) is 71.0 Å². The van der Waals surface area contributed by atoms with E-state index >= 15 is 0 Å². The first-order chi connectivity index (χ1) is 13.9. The first-order valence-electron chi connectivity index (χ1n) is 8.75. The molecular formula is C20H21N4O4S+. The van der Waals surface area contributed by atoms with Crippen molar-refractivity contribution in [1.29, 1.82) is 5.39 Å². The van der Waals surface area contributed by atoms with Gasteiger partial charge in [-0.3, -0.25) is 9.59 Å². The smallest absolute Gasteiger partial charge is 0.397 e. The first kappa shape index (κ1) is 21.8. The molecule has 0 saturated heterocycles. The fraction of sp³-hybridized carbons (Fsp3) is 0.200. The molecule has 150 valence electrons. The van der Waals surface area contributed by atoms with Crippen molar-refractivity contribution in [2.24, 2.45) is 0 Å². The molecule has 0 spiro atoms. The van der Waals surface area contributed by atoms with E-state index in [0.29, 0.717) is 23.3 Å². The van der Waals surface area contributed by atoms with Gasteiger partial charge in [0.15, 0.2) is 4.98 Å². The third kappa shape index (κ3) is 6.55. The summed E-state index contributed by atoms with van der Waals surface area (Å²) < 4.78 is 0. The van der Waals surface area contributed by atoms with Gasteiger partial charge in [0.1, 0.15) is 5.75 Å². The molecule has 0 heterocycles. The Labute approximate surface area is 172 Å². The minimum atomic E-state index is -0.849. The second-order valence-electron chi connectivity index (χ2n) is 5.92. The van der Waals surface area contributed by atoms with E-state index in [-0.39, 0.29) is 18.2 Å². The fourth-order valence-electron chi connectivity index (χ4n) is 2.43. The van der Waals surface area contributed by atoms with Gasteiger partial charge in [-0.15, -0.1) is 0 Å². The zero-order chi connectivity index (χ0) is 21.2. The van der Waals surface area contributed by atoms with Crippen LogP contribution in [0.15, 0.2) is 60.5 Å². The van der Waals surface area contributed by atoms with Crippen LogP contribution in [0.4, 0.5) is 11.4 Å². The van der Waals surface area contributed by atoms with Crippen molar-refractivity contribution >= 4 is 35.0 Å². The average molecular weight is 413 g/mol. The molecule has 2 aromatic carbocycles. The van der Waals surface area contributed by atoms with E-state index in [1.54, 1.807) is 53.4 Å². The third-order valence-electron chi connectivity index (χ3n) is 3.84. The van der Waals surface area contributed by atoms with E-state index in [2.05, 4.69) is 10.3 Å². The van der Waals surface area contributed by atoms with Crippen LogP contribution in [0.2, 0.25) is 0 Å². The Morgan fingerprint density at radius 1 is 1.24 bits per heavy atom. The number of nitrogens with one attached hydrogen (secondary N) is 1. The van der Waals surface area contributed by atoms with Gasteiger partial charge in [-0.05, 0) is 41.6 Å². The zero-order valence-corrected chi connectivity index (χ0v) is 16.6. The van der Waals surface area contributed by atoms with Gasteiger partial charge in [0.25, 0.3) is 11.7 Å². The number of aromatic hydroxyl groups is 1. The maximum absolute atomic E-state index is 12.8. The van der Waals surface area contributed by atoms with E-state index in [0.717, 1.165) is 11.3 Å². The van der Waals surface area contributed by atoms with Gasteiger partial charge in [0.05, 0.1) is 12.3 Å². The van der Waals surface area contributed by atoms with Crippen LogP contribution in [0, 0.1) is 5.39 Å². The number of nitrogens with zero attached hydrogens (tertiary/aromatic N) is 3. The summed E-state index contributed by atoms with van der Waals surface area (Å²) in [5.74, 6) is -0.467. The molecule has 3 N–H and O–H groups in total. The van der Waals surface area contributed by atoms with Crippen LogP contribution in [0.3, 0.4) is 0 Å². The van der Waals surface area contributed by atoms with Crippen LogP contribution < -0.4 is 10.2 Å². The van der Waals surface area contributed by atoms with Crippen molar-refractivity contribution in [1.82, 2.24) is 0 Å². The number of rotatable bonds is 8. The molecule has 8 nitrogen and oxygen atoms in total. The average Bonchev–Trinajstić information content (AvgIpc) is 2.72. The highest BCUT2D eigenvalue weighted by Gasteiger charge is 2.18. The summed E-state index contributed by atoms with van der Waals surface area (Å²) in [6.07, 6.45) is 0.613. The van der Waals surface area contributed by atoms with Gasteiger partial charge in [0, 0.05) is 11.4 Å². The highest BCUT2D eigenvalue weighted by atomic mass is 32.2. The number of carbonyl (C=O) groups excluding carboxylic acids is 2. The van der Waals surface area contributed by atoms with Crippen LogP contribution in [0.1, 0.15) is 12.5 Å². The molecule has 0 radical (unpaired) electrons. The summed E-state index contributed by atoms with van der Waals surface area (Å²) in [7, 11) is 0. The van der Waals surface area contributed by atoms with Gasteiger partial charge in [-0.2, -0.15) is 11.8 Å². The number of thioether (sulfide) groups is 1. The lowest BCUT2D eigenvalue weighted by molar-refractivity contribution is -0.116. The van der Waals surface area contributed by atoms with E-state index in [1.165, 1.54) is 11.8 Å². The molecule has 0 saturated carbocycles. The monoisotopic (exact) mass is 413 g/mol. The van der Waals surface area contributed by atoms with Crippen LogP contribution in [0.25, 0.3) is 4.98 Å². The molecule has 9 heteroatoms. The molecule has 0 unspecified atom stereocenters. The number of hydrogen-bond donors (Lipinski definition) is 3. The number of benzene rings is 2. The molecule has 0 aliphatic rings. The summed E-state index contributed by atoms with van der Waals surface area (Å²) in [4.78, 5) is 28.8. The first-order valence-corrected chi connectivity index (χ1v) is 9.90. The van der Waals surface area contributed by atoms with Crippen LogP contribution in [-0.2, 0) is 16.1 Å². The molecular weight excluding hydrogens is 392 g/mol. The lowest BCUT2D eigenvalue weighted by Crippen LogP contribution is -2.32. The molecule has 2 amide bonds. The maximum Gasteiger partial charge on any atom is 0.397 e. The van der Waals surface area contributed by atoms with E-state index in [9.17, 15) is 19.8 Å². The molecule has 0 atom stereocenters. The number of anilines is 2. The topological polar surface area (TPSA) is 118 Å². The Kier molecular flexibility index (Phi) is 8.06. The number of amides is 2. The van der Waals surface area contributed by atoms with Crippen molar-refractivity contribution in [3.63, 3.8) is 0 Å². The van der Waals surface area contributed by atoms with Crippen molar-refractivity contribution in [3.8, 4) is 5.75 Å². The predicted octanol–water partition coefficient (Wildman–Crippen LogP) is 3.87. The van der Waals surface area contributed by atoms with Gasteiger partial charge < -0.3 is 20.4 Å². The highest BCUT2D eigenvalue weighted by Crippen LogP contribution is 2.24. The normalized spacial score (nSPS) is 10.8. The summed E-state index contributed by atoms with van der Waals surface area (Å²) in [6, 6.07) is 13.2. The minimum absolute atomic E-state index is 0.102. The number of phenols is 1. The predicted molar refractivity (Wildman–Crippen MR) is 113 cm³/mol. The van der Waals surface area contributed by atoms with E-state index in [4.69, 9.17) is 5.39 Å². The quantitative estimate of drug-likeness (QED) is 0.343. The molecule has 0 aliphatic heterocycles. The van der Waals surface area contributed by atoms with Crippen molar-refractivity contribution < 1.29 is 19.8 Å². The van der Waals surface area contributed by atoms with Crippen LogP contribution in [-0.4, -0.2) is 33.5 Å². The Morgan fingerprint density at radius 2 is 1.97 bits per heavy atom. The standard InChI is InChI=1S/C20H20N4O4S/c1-2-29-13-19(27)24(12-14-6-8-17(25)9-7-14)16-5-3-4-15(10-16)23-20(28)18(26)11-22-21/h3-11H,2,12-13H2,1H3,(H2-,23,25,26,28)/p+1/b18-11+. The van der Waals surface area contributed by atoms with Crippen LogP contribution in [0.5, 0.6) is 5.75 Å². The number of carbonyl (C=O) groups is 2. The maximum atomic E-state index is 12.8. The van der Waals surface area contributed by atoms with Gasteiger partial charge in [-0.1, -0.05) is 25.1 Å². The lowest BCUT2D eigenvalue weighted by Gasteiger charge is -2.23. The molecule has 2 aromatic rings. The Hall–Kier alpha value is -3.51. The SMILES string of the molecule is CCSCC(=O)N(Cc1ccc(O)cc1)c1cccc(NC(=O)/C(O)=C\[N+]#N)c1. The Balaban J connectivity index is 2.28. The molecule has 0 aromatic heterocycles. The highest BCUT2D eigenvalue weighted by molar-refractivity contribution is 7.99. The number of diazo groups is 1. The summed E-state index contributed by atoms with van der Waals surface area (Å²) in [5, 5.41) is 29.8. The summed E-state index contributed by atoms with van der Waals surface area (Å²) in [5.41, 5.74) is 1.75. The van der Waals surface area contributed by atoms with E-state index in [1.807, 2.05) is 6.92 Å². The molecule has 2 rings (SSSR count). The fourth-order valence-corrected chi connectivity index (χ4v) is 2.97. The molecule has 29 heavy (non-hydrogen) atoms. The van der Waals surface area contributed by atoms with Gasteiger partial charge >= 0.3 is 6.20 Å². The number of aliphatic hydroxyl groups is 1. The van der Waals surface area contributed by atoms with Crippen molar-refractivity contribution in [2.75, 3.05) is 21.7 Å². The molecule has 0 aliphatic carbocycles. The minimum Gasteiger partial charge on any atom is -0.508 e. The van der Waals surface area contributed by atoms with E-state index < -0.39 is 11.7 Å². The zero-order valence-electron chi connectivity index (χ0n) is 15.8. The summed E-state index contributed by atoms with van der Waals surface area (Å²) in [6.45, 7) is 2.26. The number of phenolic OH excluding ortho intramolecular Hbond substituents is 1. The van der Waals surface area contributed by atoms with Crippen LogP contribution >= 0.6 is 11.8 Å². The number of aliphatic hydroxyl groups excluding tert-OH is 1. The van der Waals surface area contributed by atoms with Crippen molar-refractivity contribution in [2.45, 2.75) is 13.5 Å². The van der Waals surface area contributed by atoms with Gasteiger partial charge in [0.2, 0.25) is 11.3 Å². The lowest BCUT2D eigenvalue weighted by atomic mass is 10.1. The molecule has 0 fully saturated rings. The third-order valence-corrected chi connectivity index (χ3v) is 4.70. The molecule has 0 bridgehead atoms. The van der Waals surface area contributed by atoms with Gasteiger partial charge in [-0.25, -0.2) is 0 Å². The Morgan fingerprint density at radius 3 is 2.62 bits per heavy atom. The second-order valence-corrected chi connectivity index (χ2v) is 7.19.